The lowest BCUT2D eigenvalue weighted by atomic mass is 9.94. The molecule has 3 saturated heterocycles. The third-order valence-corrected chi connectivity index (χ3v) is 5.67. The number of hydrogen-bond donors (Lipinski definition) is 0. The first kappa shape index (κ1) is 17.2. The first-order valence-corrected chi connectivity index (χ1v) is 9.47. The number of rotatable bonds is 3. The Kier molecular flexibility index (Phi) is 4.72. The summed E-state index contributed by atoms with van der Waals surface area (Å²) in [6, 6.07) is 11.1. The molecule has 3 aliphatic heterocycles. The molecule has 0 aliphatic carbocycles. The van der Waals surface area contributed by atoms with Gasteiger partial charge in [0.15, 0.2) is 0 Å². The smallest absolute Gasteiger partial charge is 0.257 e. The summed E-state index contributed by atoms with van der Waals surface area (Å²) in [6.07, 6.45) is 4.07. The normalized spacial score (nSPS) is 23.1. The number of aromatic nitrogens is 2. The molecule has 0 radical (unpaired) electrons. The molecule has 0 N–H and O–H groups in total. The maximum atomic E-state index is 13.1. The predicted molar refractivity (Wildman–Crippen MR) is 101 cm³/mol. The van der Waals surface area contributed by atoms with Gasteiger partial charge in [-0.1, -0.05) is 30.3 Å². The van der Waals surface area contributed by atoms with Gasteiger partial charge in [-0.3, -0.25) is 9.69 Å². The molecule has 2 aromatic rings. The van der Waals surface area contributed by atoms with Crippen LogP contribution < -0.4 is 0 Å². The molecule has 1 amide bonds. The minimum atomic E-state index is 0.0842. The molecule has 5 nitrogen and oxygen atoms in total. The average molecular weight is 350 g/mol. The van der Waals surface area contributed by atoms with Crippen molar-refractivity contribution in [3.63, 3.8) is 0 Å². The second-order valence-electron chi connectivity index (χ2n) is 7.64. The summed E-state index contributed by atoms with van der Waals surface area (Å²) in [5.41, 5.74) is 2.77. The molecule has 0 spiro atoms. The van der Waals surface area contributed by atoms with Gasteiger partial charge in [0.1, 0.15) is 5.82 Å². The zero-order valence-corrected chi connectivity index (χ0v) is 15.6. The molecule has 0 unspecified atom stereocenters. The Balaban J connectivity index is 1.51. The number of fused-ring (bicyclic) bond motifs is 4. The van der Waals surface area contributed by atoms with Crippen LogP contribution in [0.4, 0.5) is 0 Å². The summed E-state index contributed by atoms with van der Waals surface area (Å²) >= 11 is 0. The quantitative estimate of drug-likeness (QED) is 0.854. The number of carbonyl (C=O) groups excluding carboxylic acids is 1. The van der Waals surface area contributed by atoms with Crippen LogP contribution in [0.3, 0.4) is 0 Å². The van der Waals surface area contributed by atoms with Gasteiger partial charge in [0, 0.05) is 38.4 Å². The van der Waals surface area contributed by atoms with E-state index in [1.54, 1.807) is 6.20 Å². The maximum absolute atomic E-state index is 13.1. The molecule has 1 aromatic heterocycles. The van der Waals surface area contributed by atoms with Crippen LogP contribution in [-0.4, -0.2) is 51.4 Å². The Morgan fingerprint density at radius 3 is 2.69 bits per heavy atom. The van der Waals surface area contributed by atoms with Crippen molar-refractivity contribution < 1.29 is 4.79 Å². The first-order valence-electron chi connectivity index (χ1n) is 9.47. The van der Waals surface area contributed by atoms with Crippen LogP contribution in [-0.2, 0) is 6.54 Å². The Hall–Kier alpha value is -2.27. The van der Waals surface area contributed by atoms with Crippen molar-refractivity contribution in [2.75, 3.05) is 19.6 Å². The SMILES string of the molecule is Cc1ncc(C(=O)N2C[C@H]3CC[C@@H](C2)N(Cc2ccccc2)C3)c(C)n1. The van der Waals surface area contributed by atoms with Crippen LogP contribution >= 0.6 is 0 Å². The standard InChI is InChI=1S/C21H26N4O/c1-15-20(10-22-16(2)23-15)21(26)25-13-18-8-9-19(14-25)24(12-18)11-17-6-4-3-5-7-17/h3-7,10,18-19H,8-9,11-14H2,1-2H3/t18-,19-/m0/s1. The molecule has 1 aromatic carbocycles. The lowest BCUT2D eigenvalue weighted by molar-refractivity contribution is 0.0734. The summed E-state index contributed by atoms with van der Waals surface area (Å²) in [5, 5.41) is 0. The van der Waals surface area contributed by atoms with Crippen molar-refractivity contribution >= 4 is 5.91 Å². The summed E-state index contributed by atoms with van der Waals surface area (Å²) in [6.45, 7) is 7.44. The molecule has 3 fully saturated rings. The zero-order chi connectivity index (χ0) is 18.1. The highest BCUT2D eigenvalue weighted by molar-refractivity contribution is 5.95. The summed E-state index contributed by atoms with van der Waals surface area (Å²) in [7, 11) is 0. The number of amides is 1. The average Bonchev–Trinajstić information content (AvgIpc) is 2.94. The minimum Gasteiger partial charge on any atom is -0.337 e. The van der Waals surface area contributed by atoms with E-state index in [2.05, 4.69) is 45.2 Å². The molecule has 3 aliphatic rings. The number of benzene rings is 1. The van der Waals surface area contributed by atoms with Crippen LogP contribution in [0.5, 0.6) is 0 Å². The summed E-state index contributed by atoms with van der Waals surface area (Å²) in [5.74, 6) is 1.35. The lowest BCUT2D eigenvalue weighted by Gasteiger charge is -2.36. The largest absolute Gasteiger partial charge is 0.337 e. The molecule has 136 valence electrons. The van der Waals surface area contributed by atoms with Gasteiger partial charge in [-0.15, -0.1) is 0 Å². The van der Waals surface area contributed by atoms with E-state index >= 15 is 0 Å². The molecule has 5 heteroatoms. The van der Waals surface area contributed by atoms with Gasteiger partial charge in [0.25, 0.3) is 5.91 Å². The lowest BCUT2D eigenvalue weighted by Crippen LogP contribution is -2.44. The van der Waals surface area contributed by atoms with Gasteiger partial charge in [0.2, 0.25) is 0 Å². The van der Waals surface area contributed by atoms with Gasteiger partial charge < -0.3 is 4.90 Å². The van der Waals surface area contributed by atoms with Crippen LogP contribution in [0.2, 0.25) is 0 Å². The van der Waals surface area contributed by atoms with E-state index in [1.165, 1.54) is 18.4 Å². The van der Waals surface area contributed by atoms with Crippen molar-refractivity contribution in [3.8, 4) is 0 Å². The second kappa shape index (κ2) is 7.16. The Labute approximate surface area is 155 Å². The highest BCUT2D eigenvalue weighted by Gasteiger charge is 2.36. The Morgan fingerprint density at radius 2 is 1.92 bits per heavy atom. The maximum Gasteiger partial charge on any atom is 0.257 e. The van der Waals surface area contributed by atoms with Crippen LogP contribution in [0.1, 0.15) is 40.3 Å². The van der Waals surface area contributed by atoms with E-state index in [0.717, 1.165) is 31.9 Å². The van der Waals surface area contributed by atoms with E-state index in [-0.39, 0.29) is 5.91 Å². The fourth-order valence-electron chi connectivity index (χ4n) is 4.32. The number of aryl methyl sites for hydroxylation is 2. The van der Waals surface area contributed by atoms with E-state index in [4.69, 9.17) is 0 Å². The van der Waals surface area contributed by atoms with Crippen molar-refractivity contribution in [1.29, 1.82) is 0 Å². The van der Waals surface area contributed by atoms with Gasteiger partial charge in [-0.05, 0) is 38.2 Å². The Bertz CT molecular complexity index is 792. The van der Waals surface area contributed by atoms with Crippen molar-refractivity contribution in [2.45, 2.75) is 39.3 Å². The van der Waals surface area contributed by atoms with E-state index in [1.807, 2.05) is 18.7 Å². The molecular weight excluding hydrogens is 324 g/mol. The number of nitrogens with zero attached hydrogens (tertiary/aromatic N) is 4. The molecular formula is C21H26N4O. The van der Waals surface area contributed by atoms with Crippen LogP contribution in [0.25, 0.3) is 0 Å². The molecule has 2 bridgehead atoms. The number of piperidine rings is 1. The summed E-state index contributed by atoms with van der Waals surface area (Å²) < 4.78 is 0. The van der Waals surface area contributed by atoms with Crippen LogP contribution in [0, 0.1) is 19.8 Å². The predicted octanol–water partition coefficient (Wildman–Crippen LogP) is 2.83. The topological polar surface area (TPSA) is 49.3 Å². The van der Waals surface area contributed by atoms with Crippen molar-refractivity contribution in [1.82, 2.24) is 19.8 Å². The zero-order valence-electron chi connectivity index (χ0n) is 15.6. The Morgan fingerprint density at radius 1 is 1.12 bits per heavy atom. The van der Waals surface area contributed by atoms with Crippen LogP contribution in [0.15, 0.2) is 36.5 Å². The molecule has 26 heavy (non-hydrogen) atoms. The third-order valence-electron chi connectivity index (χ3n) is 5.67. The second-order valence-corrected chi connectivity index (χ2v) is 7.64. The van der Waals surface area contributed by atoms with Crippen molar-refractivity contribution in [3.05, 3.63) is 59.2 Å². The van der Waals surface area contributed by atoms with Crippen molar-refractivity contribution in [2.24, 2.45) is 5.92 Å². The summed E-state index contributed by atoms with van der Waals surface area (Å²) in [4.78, 5) is 26.3. The third kappa shape index (κ3) is 3.49. The van der Waals surface area contributed by atoms with E-state index in [9.17, 15) is 4.79 Å². The van der Waals surface area contributed by atoms with Gasteiger partial charge in [0.05, 0.1) is 11.3 Å². The van der Waals surface area contributed by atoms with Gasteiger partial charge in [-0.2, -0.15) is 0 Å². The highest BCUT2D eigenvalue weighted by Crippen LogP contribution is 2.30. The first-order chi connectivity index (χ1) is 12.6. The fourth-order valence-corrected chi connectivity index (χ4v) is 4.32. The molecule has 5 rings (SSSR count). The number of hydrogen-bond acceptors (Lipinski definition) is 4. The monoisotopic (exact) mass is 350 g/mol. The number of carbonyl (C=O) groups is 1. The highest BCUT2D eigenvalue weighted by atomic mass is 16.2. The molecule has 0 saturated carbocycles. The molecule has 4 heterocycles. The van der Waals surface area contributed by atoms with Gasteiger partial charge >= 0.3 is 0 Å². The van der Waals surface area contributed by atoms with E-state index < -0.39 is 0 Å². The molecule has 2 atom stereocenters. The minimum absolute atomic E-state index is 0.0842. The van der Waals surface area contributed by atoms with Gasteiger partial charge in [-0.25, -0.2) is 9.97 Å². The fraction of sp³-hybridized carbons (Fsp3) is 0.476. The van der Waals surface area contributed by atoms with E-state index in [0.29, 0.717) is 23.3 Å².